The van der Waals surface area contributed by atoms with Gasteiger partial charge in [0.25, 0.3) is 0 Å². The summed E-state index contributed by atoms with van der Waals surface area (Å²) in [6, 6.07) is 0. The molecule has 1 N–H and O–H groups in total. The quantitative estimate of drug-likeness (QED) is 0.116. The Morgan fingerprint density at radius 3 is 1.16 bits per heavy atom. The summed E-state index contributed by atoms with van der Waals surface area (Å²) in [4.78, 5) is 11.6. The van der Waals surface area contributed by atoms with Crippen molar-refractivity contribution in [3.63, 3.8) is 0 Å². The predicted molar refractivity (Wildman–Crippen MR) is 143 cm³/mol. The normalized spacial score (nSPS) is 12.9. The maximum absolute atomic E-state index is 11.6. The van der Waals surface area contributed by atoms with Crippen molar-refractivity contribution in [1.29, 1.82) is 0 Å². The second-order valence-electron chi connectivity index (χ2n) is 10.1. The fraction of sp³-hybridized carbons (Fsp3) is 0.964. The molecule has 0 aromatic carbocycles. The lowest BCUT2D eigenvalue weighted by Crippen LogP contribution is -2.23. The summed E-state index contributed by atoms with van der Waals surface area (Å²) in [5, 5.41) is 9.57. The summed E-state index contributed by atoms with van der Waals surface area (Å²) in [6.07, 6.45) is 28.8. The molecule has 0 aromatic rings. The Hall–Kier alpha value is -0.100. The Labute approximate surface area is 197 Å². The molecule has 0 amide bonds. The molecule has 0 heterocycles. The van der Waals surface area contributed by atoms with Crippen molar-refractivity contribution in [2.24, 2.45) is 0 Å². The average Bonchev–Trinajstić information content (AvgIpc) is 2.74. The third kappa shape index (κ3) is 17.1. The minimum atomic E-state index is -1.19. The topological polar surface area (TPSA) is 37.3 Å². The van der Waals surface area contributed by atoms with Gasteiger partial charge in [-0.05, 0) is 45.4 Å². The highest BCUT2D eigenvalue weighted by molar-refractivity contribution is 7.76. The Kier molecular flexibility index (Phi) is 21.7. The Morgan fingerprint density at radius 2 is 0.871 bits per heavy atom. The maximum Gasteiger partial charge on any atom is 0.307 e. The number of carboxylic acid groups (broad SMARTS) is 1. The van der Waals surface area contributed by atoms with E-state index in [9.17, 15) is 9.90 Å². The Morgan fingerprint density at radius 1 is 0.581 bits per heavy atom. The van der Waals surface area contributed by atoms with Crippen LogP contribution in [-0.4, -0.2) is 35.2 Å². The van der Waals surface area contributed by atoms with Gasteiger partial charge in [0, 0.05) is 7.26 Å². The zero-order valence-electron chi connectivity index (χ0n) is 21.9. The molecule has 0 aliphatic rings. The molecule has 0 aromatic heterocycles. The van der Waals surface area contributed by atoms with Crippen LogP contribution in [-0.2, 0) is 4.79 Å². The van der Waals surface area contributed by atoms with Gasteiger partial charge in [-0.15, -0.1) is 0 Å². The Balaban J connectivity index is 4.91. The second-order valence-corrected chi connectivity index (χ2v) is 14.8. The molecule has 0 saturated heterocycles. The first-order chi connectivity index (χ1) is 15.0. The molecule has 2 nitrogen and oxygen atoms in total. The van der Waals surface area contributed by atoms with Crippen LogP contribution in [0.1, 0.15) is 150 Å². The summed E-state index contributed by atoms with van der Waals surface area (Å²) >= 11 is 0. The molecule has 0 aliphatic heterocycles. The van der Waals surface area contributed by atoms with Gasteiger partial charge in [0.1, 0.15) is 0 Å². The van der Waals surface area contributed by atoms with Crippen LogP contribution >= 0.6 is 7.26 Å². The van der Waals surface area contributed by atoms with Crippen molar-refractivity contribution in [1.82, 2.24) is 0 Å². The molecular formula is C28H58O2P+. The van der Waals surface area contributed by atoms with Crippen molar-refractivity contribution in [2.45, 2.75) is 155 Å². The van der Waals surface area contributed by atoms with Crippen LogP contribution in [0.3, 0.4) is 0 Å². The van der Waals surface area contributed by atoms with Crippen LogP contribution in [0.5, 0.6) is 0 Å². The molecule has 1 atom stereocenters. The van der Waals surface area contributed by atoms with Crippen LogP contribution in [0.4, 0.5) is 0 Å². The molecule has 31 heavy (non-hydrogen) atoms. The van der Waals surface area contributed by atoms with Gasteiger partial charge in [0.15, 0.2) is 0 Å². The van der Waals surface area contributed by atoms with Gasteiger partial charge in [-0.3, -0.25) is 4.79 Å². The second kappa shape index (κ2) is 21.7. The van der Waals surface area contributed by atoms with E-state index in [1.807, 2.05) is 0 Å². The van der Waals surface area contributed by atoms with Crippen molar-refractivity contribution in [3.05, 3.63) is 0 Å². The first kappa shape index (κ1) is 30.9. The minimum Gasteiger partial charge on any atom is -0.481 e. The lowest BCUT2D eigenvalue weighted by molar-refractivity contribution is -0.136. The van der Waals surface area contributed by atoms with Gasteiger partial charge in [0.2, 0.25) is 0 Å². The fourth-order valence-corrected chi connectivity index (χ4v) is 10.2. The smallest absolute Gasteiger partial charge is 0.307 e. The van der Waals surface area contributed by atoms with Gasteiger partial charge in [0.05, 0.1) is 30.6 Å². The van der Waals surface area contributed by atoms with Gasteiger partial charge in [-0.1, -0.05) is 97.8 Å². The van der Waals surface area contributed by atoms with E-state index in [1.54, 1.807) is 0 Å². The first-order valence-electron chi connectivity index (χ1n) is 14.1. The van der Waals surface area contributed by atoms with Crippen molar-refractivity contribution in [2.75, 3.05) is 18.5 Å². The summed E-state index contributed by atoms with van der Waals surface area (Å²) in [6.45, 7) is 9.15. The molecular weight excluding hydrogens is 399 g/mol. The van der Waals surface area contributed by atoms with E-state index >= 15 is 0 Å². The molecule has 1 unspecified atom stereocenters. The molecule has 0 bridgehead atoms. The summed E-state index contributed by atoms with van der Waals surface area (Å²) in [7, 11) is -1.19. The number of aliphatic carboxylic acids is 1. The van der Waals surface area contributed by atoms with Gasteiger partial charge >= 0.3 is 5.97 Å². The van der Waals surface area contributed by atoms with Crippen molar-refractivity contribution >= 4 is 13.2 Å². The third-order valence-corrected chi connectivity index (χ3v) is 12.9. The van der Waals surface area contributed by atoms with Crippen LogP contribution in [0.25, 0.3) is 0 Å². The molecule has 0 aliphatic carbocycles. The van der Waals surface area contributed by atoms with E-state index in [0.29, 0.717) is 12.1 Å². The minimum absolute atomic E-state index is 0.398. The first-order valence-corrected chi connectivity index (χ1v) is 16.5. The van der Waals surface area contributed by atoms with E-state index in [-0.39, 0.29) is 0 Å². The largest absolute Gasteiger partial charge is 0.481 e. The number of unbranched alkanes of at least 4 members (excludes halogenated alkanes) is 15. The summed E-state index contributed by atoms with van der Waals surface area (Å²) in [5.74, 6) is -0.578. The van der Waals surface area contributed by atoms with E-state index in [4.69, 9.17) is 0 Å². The van der Waals surface area contributed by atoms with E-state index in [1.165, 1.54) is 134 Å². The molecule has 3 heteroatoms. The number of hydrogen-bond donors (Lipinski definition) is 1. The average molecular weight is 458 g/mol. The SMILES string of the molecule is CCCCCCCC[P+](CCCCCCCC)(CCCCCCCC)C(C)CC(=O)O. The zero-order valence-corrected chi connectivity index (χ0v) is 22.8. The molecule has 0 fully saturated rings. The summed E-state index contributed by atoms with van der Waals surface area (Å²) < 4.78 is 0. The van der Waals surface area contributed by atoms with E-state index in [2.05, 4.69) is 27.7 Å². The number of rotatable bonds is 24. The van der Waals surface area contributed by atoms with Crippen molar-refractivity contribution in [3.8, 4) is 0 Å². The zero-order chi connectivity index (χ0) is 23.2. The fourth-order valence-electron chi connectivity index (χ4n) is 5.06. The molecule has 0 spiro atoms. The number of carboxylic acids is 1. The van der Waals surface area contributed by atoms with E-state index in [0.717, 1.165) is 0 Å². The number of hydrogen-bond acceptors (Lipinski definition) is 1. The lowest BCUT2D eigenvalue weighted by atomic mass is 10.1. The summed E-state index contributed by atoms with van der Waals surface area (Å²) in [5.41, 5.74) is 0.409. The monoisotopic (exact) mass is 457 g/mol. The highest BCUT2D eigenvalue weighted by Gasteiger charge is 2.42. The molecule has 0 saturated carbocycles. The molecule has 0 rings (SSSR count). The van der Waals surface area contributed by atoms with Gasteiger partial charge < -0.3 is 5.11 Å². The number of carbonyl (C=O) groups is 1. The molecule has 0 radical (unpaired) electrons. The van der Waals surface area contributed by atoms with Crippen LogP contribution in [0.15, 0.2) is 0 Å². The Bertz CT molecular complexity index is 356. The van der Waals surface area contributed by atoms with Gasteiger partial charge in [-0.2, -0.15) is 0 Å². The van der Waals surface area contributed by atoms with Crippen LogP contribution in [0.2, 0.25) is 0 Å². The lowest BCUT2D eigenvalue weighted by Gasteiger charge is -2.33. The standard InChI is InChI=1S/C28H57O2P/c1-5-8-11-14-17-20-23-31(27(4)26-28(29)30,24-21-18-15-12-9-6-2)25-22-19-16-13-10-7-3/h27H,5-26H2,1-4H3/p+1. The third-order valence-electron chi connectivity index (χ3n) is 7.28. The van der Waals surface area contributed by atoms with E-state index < -0.39 is 13.2 Å². The highest BCUT2D eigenvalue weighted by atomic mass is 31.2. The molecule has 186 valence electrons. The van der Waals surface area contributed by atoms with Crippen LogP contribution in [0, 0.1) is 0 Å². The predicted octanol–water partition coefficient (Wildman–Crippen LogP) is 9.95. The van der Waals surface area contributed by atoms with Gasteiger partial charge in [-0.25, -0.2) is 0 Å². The van der Waals surface area contributed by atoms with Crippen molar-refractivity contribution < 1.29 is 9.90 Å². The van der Waals surface area contributed by atoms with Crippen LogP contribution < -0.4 is 0 Å². The highest BCUT2D eigenvalue weighted by Crippen LogP contribution is 2.65. The maximum atomic E-state index is 11.6.